The number of β-lactam (4-membered cyclic amide) rings is 2. The molecule has 23 heteroatoms. The summed E-state index contributed by atoms with van der Waals surface area (Å²) in [4.78, 5) is 99.6. The van der Waals surface area contributed by atoms with Crippen LogP contribution in [0.2, 0.25) is 18.1 Å². The molecule has 8 atom stereocenters. The minimum absolute atomic E-state index is 0.0669. The lowest BCUT2D eigenvalue weighted by Gasteiger charge is -2.46. The SMILES string of the molecule is CC(O)C1C(=O)NC1[C@@H](C)C(=O)C(=[N+]=[N-])C(=O)OCc1ccc([N+](=O)[O-])cc1.CC(O[Si](C)(C)C(C)(C)C)C1C(=O)NC1[C@@H](C)C(=O)C(=[N+]=[N-])C(=O)OCc1ccc([N+](=O)[O-])cc1. The number of hydrogen-bond acceptors (Lipinski definition) is 14. The van der Waals surface area contributed by atoms with E-state index in [0.717, 1.165) is 0 Å². The molecule has 0 spiro atoms. The van der Waals surface area contributed by atoms with Crippen molar-refractivity contribution in [3.05, 3.63) is 90.9 Å². The zero-order valence-corrected chi connectivity index (χ0v) is 37.1. The highest BCUT2D eigenvalue weighted by Gasteiger charge is 2.53. The fourth-order valence-electron chi connectivity index (χ4n) is 6.45. The monoisotopic (exact) mass is 894 g/mol. The molecule has 2 fully saturated rings. The number of carbonyl (C=O) groups is 6. The van der Waals surface area contributed by atoms with Crippen LogP contribution in [0.25, 0.3) is 11.1 Å². The second-order valence-electron chi connectivity index (χ2n) is 16.6. The normalized spacial score (nSPS) is 19.7. The highest BCUT2D eigenvalue weighted by molar-refractivity contribution is 6.74. The number of aliphatic hydroxyl groups is 1. The van der Waals surface area contributed by atoms with Crippen LogP contribution in [0, 0.1) is 43.9 Å². The van der Waals surface area contributed by atoms with E-state index in [1.165, 1.54) is 69.3 Å². The van der Waals surface area contributed by atoms with Crippen molar-refractivity contribution >= 4 is 66.4 Å². The number of nitrogens with one attached hydrogen (secondary N) is 2. The van der Waals surface area contributed by atoms with Gasteiger partial charge in [0, 0.05) is 36.1 Å². The highest BCUT2D eigenvalue weighted by atomic mass is 28.4. The van der Waals surface area contributed by atoms with Crippen LogP contribution >= 0.6 is 0 Å². The number of benzene rings is 2. The van der Waals surface area contributed by atoms with Gasteiger partial charge in [-0.1, -0.05) is 34.6 Å². The number of nitrogens with zero attached hydrogens (tertiary/aromatic N) is 6. The van der Waals surface area contributed by atoms with E-state index >= 15 is 0 Å². The van der Waals surface area contributed by atoms with E-state index in [1.807, 2.05) is 0 Å². The number of nitro benzene ring substituents is 2. The number of carbonyl (C=O) groups excluding carboxylic acids is 6. The van der Waals surface area contributed by atoms with Gasteiger partial charge in [-0.2, -0.15) is 9.58 Å². The summed E-state index contributed by atoms with van der Waals surface area (Å²) in [6.45, 7) is 16.0. The van der Waals surface area contributed by atoms with Gasteiger partial charge >= 0.3 is 23.4 Å². The second-order valence-corrected chi connectivity index (χ2v) is 21.4. The molecule has 6 unspecified atom stereocenters. The number of amides is 2. The van der Waals surface area contributed by atoms with E-state index in [0.29, 0.717) is 11.1 Å². The van der Waals surface area contributed by atoms with E-state index in [-0.39, 0.29) is 35.5 Å². The van der Waals surface area contributed by atoms with Crippen LogP contribution in [0.3, 0.4) is 0 Å². The Morgan fingerprint density at radius 1 is 0.730 bits per heavy atom. The molecule has 2 saturated heterocycles. The third-order valence-electron chi connectivity index (χ3n) is 11.3. The molecule has 0 aromatic heterocycles. The Balaban J connectivity index is 0.000000344. The molecule has 0 radical (unpaired) electrons. The van der Waals surface area contributed by atoms with Gasteiger partial charge in [0.25, 0.3) is 22.9 Å². The summed E-state index contributed by atoms with van der Waals surface area (Å²) in [5, 5.41) is 36.1. The Hall–Kier alpha value is -6.64. The maximum atomic E-state index is 13.0. The minimum atomic E-state index is -2.17. The third-order valence-corrected chi connectivity index (χ3v) is 15.9. The smallest absolute Gasteiger partial charge is 0.441 e. The van der Waals surface area contributed by atoms with Gasteiger partial charge in [-0.25, -0.2) is 9.59 Å². The van der Waals surface area contributed by atoms with E-state index < -0.39 is 107 Å². The summed E-state index contributed by atoms with van der Waals surface area (Å²) in [7, 11) is -2.17. The summed E-state index contributed by atoms with van der Waals surface area (Å²) in [5.41, 5.74) is 17.4. The highest BCUT2D eigenvalue weighted by Crippen LogP contribution is 2.39. The molecular weight excluding hydrogens is 845 g/mol. The lowest BCUT2D eigenvalue weighted by atomic mass is 9.76. The van der Waals surface area contributed by atoms with Crippen LogP contribution in [0.15, 0.2) is 48.5 Å². The average Bonchev–Trinajstić information content (AvgIpc) is 3.19. The first-order valence-electron chi connectivity index (χ1n) is 19.6. The van der Waals surface area contributed by atoms with Crippen LogP contribution in [0.4, 0.5) is 11.4 Å². The minimum Gasteiger partial charge on any atom is -0.452 e. The summed E-state index contributed by atoms with van der Waals surface area (Å²) in [5.74, 6) is -7.84. The Morgan fingerprint density at radius 3 is 1.37 bits per heavy atom. The van der Waals surface area contributed by atoms with Crippen LogP contribution in [-0.4, -0.2) is 104 Å². The van der Waals surface area contributed by atoms with Crippen molar-refractivity contribution in [1.29, 1.82) is 0 Å². The first kappa shape index (κ1) is 50.7. The predicted octanol–water partition coefficient (Wildman–Crippen LogP) is 3.05. The molecule has 0 aliphatic carbocycles. The maximum absolute atomic E-state index is 13.0. The quantitative estimate of drug-likeness (QED) is 0.0223. The molecule has 3 N–H and O–H groups in total. The van der Waals surface area contributed by atoms with Gasteiger partial charge in [0.15, 0.2) is 8.32 Å². The second kappa shape index (κ2) is 21.0. The third kappa shape index (κ3) is 12.3. The number of hydrogen-bond donors (Lipinski definition) is 3. The van der Waals surface area contributed by atoms with Gasteiger partial charge in [0.2, 0.25) is 11.8 Å². The van der Waals surface area contributed by atoms with E-state index in [1.54, 1.807) is 6.92 Å². The molecule has 2 amide bonds. The van der Waals surface area contributed by atoms with E-state index in [9.17, 15) is 59.6 Å². The molecule has 4 rings (SSSR count). The van der Waals surface area contributed by atoms with Crippen molar-refractivity contribution in [2.45, 2.75) is 104 Å². The number of esters is 2. The fourth-order valence-corrected chi connectivity index (χ4v) is 7.88. The Kier molecular flexibility index (Phi) is 16.9. The lowest BCUT2D eigenvalue weighted by Crippen LogP contribution is -2.67. The van der Waals surface area contributed by atoms with Gasteiger partial charge in [-0.3, -0.25) is 39.4 Å². The van der Waals surface area contributed by atoms with Crippen LogP contribution in [0.1, 0.15) is 59.6 Å². The van der Waals surface area contributed by atoms with Crippen LogP contribution in [0.5, 0.6) is 0 Å². The number of aliphatic hydroxyl groups excluding tert-OH is 1. The molecule has 338 valence electrons. The van der Waals surface area contributed by atoms with E-state index in [4.69, 9.17) is 19.4 Å². The summed E-state index contributed by atoms with van der Waals surface area (Å²) in [6, 6.07) is 9.22. The summed E-state index contributed by atoms with van der Waals surface area (Å²) >= 11 is 0. The van der Waals surface area contributed by atoms with Crippen molar-refractivity contribution in [1.82, 2.24) is 10.6 Å². The van der Waals surface area contributed by atoms with Crippen molar-refractivity contribution < 1.29 is 67.2 Å². The number of ketones is 2. The van der Waals surface area contributed by atoms with Crippen molar-refractivity contribution in [2.24, 2.45) is 23.7 Å². The summed E-state index contributed by atoms with van der Waals surface area (Å²) in [6.07, 6.45) is -1.44. The Labute approximate surface area is 362 Å². The van der Waals surface area contributed by atoms with Gasteiger partial charge in [-0.15, -0.1) is 0 Å². The molecule has 63 heavy (non-hydrogen) atoms. The zero-order valence-electron chi connectivity index (χ0n) is 36.1. The van der Waals surface area contributed by atoms with Crippen molar-refractivity contribution in [3.63, 3.8) is 0 Å². The molecule has 2 aliphatic heterocycles. The molecule has 2 heterocycles. The van der Waals surface area contributed by atoms with E-state index in [2.05, 4.69) is 54.1 Å². The molecule has 0 bridgehead atoms. The Morgan fingerprint density at radius 2 is 1.08 bits per heavy atom. The van der Waals surface area contributed by atoms with Gasteiger partial charge < -0.3 is 40.7 Å². The lowest BCUT2D eigenvalue weighted by molar-refractivity contribution is -0.385. The molecule has 0 saturated carbocycles. The zero-order chi connectivity index (χ0) is 47.7. The van der Waals surface area contributed by atoms with Crippen LogP contribution < -0.4 is 10.6 Å². The fraction of sp³-hybridized carbons (Fsp3) is 0.500. The predicted molar refractivity (Wildman–Crippen MR) is 222 cm³/mol. The van der Waals surface area contributed by atoms with Crippen molar-refractivity contribution in [3.8, 4) is 0 Å². The first-order chi connectivity index (χ1) is 29.3. The average molecular weight is 895 g/mol. The topological polar surface area (TPSA) is 333 Å². The molecule has 2 aromatic rings. The molecule has 2 aromatic carbocycles. The molecular formula is C40H50N8O14Si. The molecule has 22 nitrogen and oxygen atoms in total. The first-order valence-corrected chi connectivity index (χ1v) is 22.5. The largest absolute Gasteiger partial charge is 0.452 e. The van der Waals surface area contributed by atoms with Crippen molar-refractivity contribution in [2.75, 3.05) is 0 Å². The Bertz CT molecular complexity index is 2230. The number of rotatable bonds is 18. The number of non-ortho nitro benzene ring substituents is 2. The maximum Gasteiger partial charge on any atom is 0.441 e. The van der Waals surface area contributed by atoms with Gasteiger partial charge in [0.1, 0.15) is 13.2 Å². The number of Topliss-reactive ketones (excluding diaryl/α,β-unsaturated/α-hetero) is 2. The van der Waals surface area contributed by atoms with Gasteiger partial charge in [0.05, 0.1) is 46.0 Å². The number of nitro groups is 2. The standard InChI is InChI=1S/C23H32N4O7Si.C17H18N4O7/c1-13(18-17(21(29)25-18)14(2)34-35(6,7)23(3,4)5)20(28)19(26-24)22(30)33-12-15-8-10-16(11-9-15)27(31)32;1-8(13-12(9(2)22)16(24)19-13)15(23)14(20-18)17(25)28-7-10-3-5-11(6-4-10)21(26)27/h8-11,13-14,17-18H,12H2,1-7H3,(H,25,29);3-6,8-9,12-13,22H,7H2,1-2H3,(H,19,24)/t13-,14?,17?,18?;8-,9?,12?,13?/m11/s1. The molecule has 2 aliphatic rings. The summed E-state index contributed by atoms with van der Waals surface area (Å²) < 4.78 is 16.3. The number of ether oxygens (including phenoxy) is 2. The van der Waals surface area contributed by atoms with Gasteiger partial charge in [-0.05, 0) is 67.4 Å². The van der Waals surface area contributed by atoms with Crippen LogP contribution in [-0.2, 0) is 55.9 Å².